The van der Waals surface area contributed by atoms with Crippen molar-refractivity contribution in [2.45, 2.75) is 69.9 Å². The molecule has 2 atom stereocenters. The summed E-state index contributed by atoms with van der Waals surface area (Å²) in [6, 6.07) is 10.2. The first-order valence-electron chi connectivity index (χ1n) is 9.29. The third kappa shape index (κ3) is 6.86. The topological polar surface area (TPSA) is 77.8 Å². The highest BCUT2D eigenvalue weighted by molar-refractivity contribution is 5.83. The minimum atomic E-state index is -0.743. The largest absolute Gasteiger partial charge is 0.481 e. The second-order valence-corrected chi connectivity index (χ2v) is 6.92. The first-order valence-corrected chi connectivity index (χ1v) is 9.29. The molecule has 1 aliphatic heterocycles. The van der Waals surface area contributed by atoms with Crippen LogP contribution in [-0.2, 0) is 16.0 Å². The molecule has 1 saturated heterocycles. The highest BCUT2D eigenvalue weighted by atomic mass is 16.4. The fourth-order valence-corrected chi connectivity index (χ4v) is 3.37. The zero-order valence-electron chi connectivity index (χ0n) is 14.8. The SMILES string of the molecule is O=C(O)CCCCCCN1C(=O)C[C@@H]1CCC(O)Cc1ccccc1. The fraction of sp³-hybridized carbons (Fsp3) is 0.600. The van der Waals surface area contributed by atoms with Crippen molar-refractivity contribution in [3.8, 4) is 0 Å². The Morgan fingerprint density at radius 1 is 1.16 bits per heavy atom. The van der Waals surface area contributed by atoms with Crippen molar-refractivity contribution >= 4 is 11.9 Å². The average Bonchev–Trinajstić information content (AvgIpc) is 2.58. The molecule has 0 aliphatic carbocycles. The second kappa shape index (κ2) is 10.2. The van der Waals surface area contributed by atoms with E-state index in [0.717, 1.165) is 37.8 Å². The average molecular weight is 347 g/mol. The van der Waals surface area contributed by atoms with E-state index in [-0.39, 0.29) is 24.5 Å². The Balaban J connectivity index is 1.60. The zero-order valence-corrected chi connectivity index (χ0v) is 14.8. The maximum Gasteiger partial charge on any atom is 0.303 e. The molecular weight excluding hydrogens is 318 g/mol. The highest BCUT2D eigenvalue weighted by Crippen LogP contribution is 2.25. The van der Waals surface area contributed by atoms with Crippen LogP contribution in [0.2, 0.25) is 0 Å². The summed E-state index contributed by atoms with van der Waals surface area (Å²) in [5.74, 6) is -0.542. The molecule has 1 aliphatic rings. The monoisotopic (exact) mass is 347 g/mol. The van der Waals surface area contributed by atoms with Crippen LogP contribution in [0.1, 0.15) is 56.9 Å². The van der Waals surface area contributed by atoms with Gasteiger partial charge in [-0.3, -0.25) is 9.59 Å². The van der Waals surface area contributed by atoms with E-state index >= 15 is 0 Å². The standard InChI is InChI=1S/C20H29NO4/c22-18(14-16-8-4-3-5-9-16)12-11-17-15-19(23)21(17)13-7-2-1-6-10-20(24)25/h3-5,8-9,17-18,22H,1-2,6-7,10-15H2,(H,24,25)/t17-,18?/m0/s1. The van der Waals surface area contributed by atoms with Gasteiger partial charge in [-0.15, -0.1) is 0 Å². The molecule has 0 radical (unpaired) electrons. The second-order valence-electron chi connectivity index (χ2n) is 6.92. The number of aliphatic carboxylic acids is 1. The molecule has 1 unspecified atom stereocenters. The summed E-state index contributed by atoms with van der Waals surface area (Å²) in [5.41, 5.74) is 1.14. The van der Waals surface area contributed by atoms with Gasteiger partial charge < -0.3 is 15.1 Å². The molecular formula is C20H29NO4. The summed E-state index contributed by atoms with van der Waals surface area (Å²) in [5, 5.41) is 18.8. The van der Waals surface area contributed by atoms with E-state index in [4.69, 9.17) is 5.11 Å². The Morgan fingerprint density at radius 3 is 2.56 bits per heavy atom. The number of rotatable bonds is 12. The molecule has 1 fully saturated rings. The summed E-state index contributed by atoms with van der Waals surface area (Å²) in [6.45, 7) is 0.755. The predicted octanol–water partition coefficient (Wildman–Crippen LogP) is 3.01. The van der Waals surface area contributed by atoms with Crippen molar-refractivity contribution in [1.29, 1.82) is 0 Å². The van der Waals surface area contributed by atoms with E-state index < -0.39 is 5.97 Å². The molecule has 1 heterocycles. The lowest BCUT2D eigenvalue weighted by molar-refractivity contribution is -0.146. The molecule has 5 heteroatoms. The first-order chi connectivity index (χ1) is 12.1. The summed E-state index contributed by atoms with van der Waals surface area (Å²) < 4.78 is 0. The molecule has 5 nitrogen and oxygen atoms in total. The molecule has 0 bridgehead atoms. The molecule has 0 aromatic heterocycles. The maximum atomic E-state index is 11.8. The van der Waals surface area contributed by atoms with Gasteiger partial charge in [0.25, 0.3) is 0 Å². The van der Waals surface area contributed by atoms with Crippen LogP contribution in [0.3, 0.4) is 0 Å². The normalized spacial score (nSPS) is 18.0. The number of carboxylic acid groups (broad SMARTS) is 1. The zero-order chi connectivity index (χ0) is 18.1. The smallest absolute Gasteiger partial charge is 0.303 e. The van der Waals surface area contributed by atoms with Crippen LogP contribution in [0.4, 0.5) is 0 Å². The number of aliphatic hydroxyl groups excluding tert-OH is 1. The van der Waals surface area contributed by atoms with E-state index in [0.29, 0.717) is 25.7 Å². The van der Waals surface area contributed by atoms with E-state index in [1.54, 1.807) is 0 Å². The predicted molar refractivity (Wildman–Crippen MR) is 96.2 cm³/mol. The van der Waals surface area contributed by atoms with Crippen molar-refractivity contribution in [3.63, 3.8) is 0 Å². The minimum absolute atomic E-state index is 0.202. The number of carbonyl (C=O) groups excluding carboxylic acids is 1. The molecule has 0 spiro atoms. The highest BCUT2D eigenvalue weighted by Gasteiger charge is 2.35. The van der Waals surface area contributed by atoms with Gasteiger partial charge in [0.2, 0.25) is 5.91 Å². The van der Waals surface area contributed by atoms with E-state index in [2.05, 4.69) is 0 Å². The first kappa shape index (κ1) is 19.4. The van der Waals surface area contributed by atoms with Crippen LogP contribution in [0.25, 0.3) is 0 Å². The molecule has 1 amide bonds. The number of carboxylic acids is 1. The summed E-state index contributed by atoms with van der Waals surface area (Å²) in [6.07, 6.45) is 6.16. The molecule has 138 valence electrons. The molecule has 1 aromatic rings. The number of β-lactam (4-membered cyclic amide) rings is 1. The van der Waals surface area contributed by atoms with Gasteiger partial charge in [0.15, 0.2) is 0 Å². The fourth-order valence-electron chi connectivity index (χ4n) is 3.37. The Labute approximate surface area is 149 Å². The van der Waals surface area contributed by atoms with Crippen LogP contribution < -0.4 is 0 Å². The summed E-state index contributed by atoms with van der Waals surface area (Å²) in [4.78, 5) is 24.1. The van der Waals surface area contributed by atoms with E-state index in [1.807, 2.05) is 35.2 Å². The van der Waals surface area contributed by atoms with Gasteiger partial charge in [0, 0.05) is 25.4 Å². The number of carbonyl (C=O) groups is 2. The van der Waals surface area contributed by atoms with Crippen LogP contribution >= 0.6 is 0 Å². The third-order valence-electron chi connectivity index (χ3n) is 4.86. The molecule has 0 saturated carbocycles. The summed E-state index contributed by atoms with van der Waals surface area (Å²) in [7, 11) is 0. The number of unbranched alkanes of at least 4 members (excludes halogenated alkanes) is 3. The Bertz CT molecular complexity index is 546. The number of aliphatic hydroxyl groups is 1. The number of amides is 1. The van der Waals surface area contributed by atoms with Crippen LogP contribution in [0.5, 0.6) is 0 Å². The Hall–Kier alpha value is -1.88. The summed E-state index contributed by atoms with van der Waals surface area (Å²) >= 11 is 0. The van der Waals surface area contributed by atoms with Gasteiger partial charge in [-0.05, 0) is 37.7 Å². The van der Waals surface area contributed by atoms with Crippen LogP contribution in [0.15, 0.2) is 30.3 Å². The third-order valence-corrected chi connectivity index (χ3v) is 4.86. The Kier molecular flexibility index (Phi) is 7.92. The van der Waals surface area contributed by atoms with Crippen molar-refractivity contribution in [3.05, 3.63) is 35.9 Å². The lowest BCUT2D eigenvalue weighted by atomic mass is 9.93. The van der Waals surface area contributed by atoms with Crippen molar-refractivity contribution in [2.24, 2.45) is 0 Å². The lowest BCUT2D eigenvalue weighted by Gasteiger charge is -2.41. The van der Waals surface area contributed by atoms with Crippen molar-refractivity contribution in [2.75, 3.05) is 6.54 Å². The van der Waals surface area contributed by atoms with Gasteiger partial charge in [0.1, 0.15) is 0 Å². The van der Waals surface area contributed by atoms with E-state index in [1.165, 1.54) is 0 Å². The van der Waals surface area contributed by atoms with Gasteiger partial charge in [-0.2, -0.15) is 0 Å². The maximum absolute atomic E-state index is 11.8. The van der Waals surface area contributed by atoms with Gasteiger partial charge >= 0.3 is 5.97 Å². The van der Waals surface area contributed by atoms with E-state index in [9.17, 15) is 14.7 Å². The molecule has 25 heavy (non-hydrogen) atoms. The van der Waals surface area contributed by atoms with Crippen molar-refractivity contribution < 1.29 is 19.8 Å². The number of benzene rings is 1. The van der Waals surface area contributed by atoms with Gasteiger partial charge in [-0.25, -0.2) is 0 Å². The molecule has 2 N–H and O–H groups in total. The van der Waals surface area contributed by atoms with Gasteiger partial charge in [-0.1, -0.05) is 43.2 Å². The number of nitrogens with zero attached hydrogens (tertiary/aromatic N) is 1. The molecule has 2 rings (SSSR count). The van der Waals surface area contributed by atoms with Crippen LogP contribution in [0, 0.1) is 0 Å². The number of hydrogen-bond acceptors (Lipinski definition) is 3. The number of hydrogen-bond donors (Lipinski definition) is 2. The minimum Gasteiger partial charge on any atom is -0.481 e. The lowest BCUT2D eigenvalue weighted by Crippen LogP contribution is -2.53. The van der Waals surface area contributed by atoms with Crippen LogP contribution in [-0.4, -0.2) is 45.7 Å². The molecule has 1 aromatic carbocycles. The Morgan fingerprint density at radius 2 is 1.88 bits per heavy atom. The van der Waals surface area contributed by atoms with Gasteiger partial charge in [0.05, 0.1) is 6.10 Å². The quantitative estimate of drug-likeness (QED) is 0.450. The number of likely N-dealkylation sites (tertiary alicyclic amines) is 1. The van der Waals surface area contributed by atoms with Crippen molar-refractivity contribution in [1.82, 2.24) is 4.90 Å².